The highest BCUT2D eigenvalue weighted by Gasteiger charge is 2.31. The third-order valence-corrected chi connectivity index (χ3v) is 7.27. The van der Waals surface area contributed by atoms with Crippen LogP contribution >= 0.6 is 11.3 Å². The van der Waals surface area contributed by atoms with Gasteiger partial charge in [-0.15, -0.1) is 16.4 Å². The molecule has 182 valence electrons. The summed E-state index contributed by atoms with van der Waals surface area (Å²) < 4.78 is 45.9. The standard InChI is InChI=1S/C23H22F3N7OS/c1-15-20(13-34-19-5-3-18(4-6-19)33-14-28-30-31-33)35-22(29-15)16-8-10-32(11-9-16)21-7-2-17(12-27-21)23(24,25)26/h2-7,12,14,16H,8-11,13H2,1H3. The van der Waals surface area contributed by atoms with Crippen LogP contribution in [0.25, 0.3) is 5.69 Å². The zero-order chi connectivity index (χ0) is 24.4. The number of hydrogen-bond donors (Lipinski definition) is 0. The van der Waals surface area contributed by atoms with Crippen molar-refractivity contribution in [2.45, 2.75) is 38.5 Å². The second-order valence-electron chi connectivity index (χ2n) is 8.26. The van der Waals surface area contributed by atoms with Crippen molar-refractivity contribution in [1.29, 1.82) is 0 Å². The molecule has 12 heteroatoms. The van der Waals surface area contributed by atoms with Crippen molar-refractivity contribution in [1.82, 2.24) is 30.2 Å². The first-order valence-electron chi connectivity index (χ1n) is 11.1. The Hall–Kier alpha value is -3.54. The molecule has 1 saturated heterocycles. The Bertz CT molecular complexity index is 1250. The monoisotopic (exact) mass is 501 g/mol. The molecule has 0 bridgehead atoms. The molecule has 0 atom stereocenters. The number of nitrogens with zero attached hydrogens (tertiary/aromatic N) is 7. The predicted molar refractivity (Wildman–Crippen MR) is 124 cm³/mol. The van der Waals surface area contributed by atoms with Crippen molar-refractivity contribution in [2.75, 3.05) is 18.0 Å². The summed E-state index contributed by atoms with van der Waals surface area (Å²) in [6.07, 6.45) is -0.204. The fourth-order valence-electron chi connectivity index (χ4n) is 3.98. The molecule has 0 N–H and O–H groups in total. The van der Waals surface area contributed by atoms with Gasteiger partial charge >= 0.3 is 6.18 Å². The number of halogens is 3. The summed E-state index contributed by atoms with van der Waals surface area (Å²) in [5.74, 6) is 1.63. The number of benzene rings is 1. The molecule has 1 aliphatic heterocycles. The fourth-order valence-corrected chi connectivity index (χ4v) is 5.13. The van der Waals surface area contributed by atoms with Gasteiger partial charge in [-0.1, -0.05) is 0 Å². The Morgan fingerprint density at radius 1 is 1.09 bits per heavy atom. The molecule has 5 rings (SSSR count). The molecule has 0 unspecified atom stereocenters. The molecular weight excluding hydrogens is 479 g/mol. The second-order valence-corrected chi connectivity index (χ2v) is 9.38. The van der Waals surface area contributed by atoms with Crippen LogP contribution in [-0.4, -0.2) is 43.3 Å². The number of alkyl halides is 3. The van der Waals surface area contributed by atoms with E-state index in [0.717, 1.165) is 65.2 Å². The average Bonchev–Trinajstić information content (AvgIpc) is 3.53. The van der Waals surface area contributed by atoms with E-state index in [1.807, 2.05) is 36.1 Å². The molecule has 3 aromatic heterocycles. The summed E-state index contributed by atoms with van der Waals surface area (Å²) in [7, 11) is 0. The van der Waals surface area contributed by atoms with Crippen LogP contribution in [0.1, 0.15) is 39.9 Å². The Balaban J connectivity index is 1.16. The number of aromatic nitrogens is 6. The summed E-state index contributed by atoms with van der Waals surface area (Å²) in [6, 6.07) is 10.1. The molecule has 0 radical (unpaired) electrons. The molecule has 4 aromatic rings. The third kappa shape index (κ3) is 5.26. The van der Waals surface area contributed by atoms with E-state index in [1.165, 1.54) is 12.4 Å². The van der Waals surface area contributed by atoms with Gasteiger partial charge in [0.2, 0.25) is 0 Å². The molecule has 1 aromatic carbocycles. The first-order chi connectivity index (χ1) is 16.9. The predicted octanol–water partition coefficient (Wildman–Crippen LogP) is 4.80. The number of tetrazole rings is 1. The Kier molecular flexibility index (Phi) is 6.37. The lowest BCUT2D eigenvalue weighted by Crippen LogP contribution is -2.33. The van der Waals surface area contributed by atoms with Crippen molar-refractivity contribution in [3.8, 4) is 11.4 Å². The summed E-state index contributed by atoms with van der Waals surface area (Å²) >= 11 is 1.66. The number of thiazole rings is 1. The van der Waals surface area contributed by atoms with Gasteiger partial charge in [-0.25, -0.2) is 14.6 Å². The third-order valence-electron chi connectivity index (χ3n) is 5.97. The lowest BCUT2D eigenvalue weighted by atomic mass is 9.97. The maximum atomic E-state index is 12.8. The largest absolute Gasteiger partial charge is 0.488 e. The minimum Gasteiger partial charge on any atom is -0.488 e. The van der Waals surface area contributed by atoms with Crippen LogP contribution in [0.5, 0.6) is 5.75 Å². The number of piperidine rings is 1. The van der Waals surface area contributed by atoms with Crippen LogP contribution in [0.15, 0.2) is 48.9 Å². The second kappa shape index (κ2) is 9.61. The number of hydrogen-bond acceptors (Lipinski definition) is 8. The number of aryl methyl sites for hydroxylation is 1. The van der Waals surface area contributed by atoms with Crippen LogP contribution in [-0.2, 0) is 12.8 Å². The minimum atomic E-state index is -4.37. The van der Waals surface area contributed by atoms with Crippen molar-refractivity contribution in [2.24, 2.45) is 0 Å². The van der Waals surface area contributed by atoms with Crippen molar-refractivity contribution in [3.05, 3.63) is 70.1 Å². The average molecular weight is 502 g/mol. The zero-order valence-corrected chi connectivity index (χ0v) is 19.6. The van der Waals surface area contributed by atoms with E-state index in [-0.39, 0.29) is 0 Å². The highest BCUT2D eigenvalue weighted by atomic mass is 32.1. The van der Waals surface area contributed by atoms with E-state index < -0.39 is 11.7 Å². The summed E-state index contributed by atoms with van der Waals surface area (Å²) in [4.78, 5) is 11.9. The summed E-state index contributed by atoms with van der Waals surface area (Å²) in [5.41, 5.74) is 1.08. The van der Waals surface area contributed by atoms with E-state index in [9.17, 15) is 13.2 Å². The van der Waals surface area contributed by atoms with Gasteiger partial charge in [0.15, 0.2) is 0 Å². The van der Waals surface area contributed by atoms with Gasteiger partial charge in [0.05, 0.1) is 26.8 Å². The zero-order valence-electron chi connectivity index (χ0n) is 18.8. The minimum absolute atomic E-state index is 0.314. The maximum Gasteiger partial charge on any atom is 0.417 e. The van der Waals surface area contributed by atoms with Gasteiger partial charge in [0.25, 0.3) is 0 Å². The molecule has 0 aliphatic carbocycles. The molecule has 0 spiro atoms. The van der Waals surface area contributed by atoms with Crippen LogP contribution in [0.4, 0.5) is 19.0 Å². The van der Waals surface area contributed by atoms with E-state index >= 15 is 0 Å². The first kappa shape index (κ1) is 23.2. The Morgan fingerprint density at radius 2 is 1.86 bits per heavy atom. The molecule has 0 saturated carbocycles. The van der Waals surface area contributed by atoms with Crippen molar-refractivity contribution in [3.63, 3.8) is 0 Å². The number of rotatable bonds is 6. The fraction of sp³-hybridized carbons (Fsp3) is 0.348. The van der Waals surface area contributed by atoms with E-state index in [2.05, 4.69) is 20.5 Å². The number of pyridine rings is 1. The lowest BCUT2D eigenvalue weighted by molar-refractivity contribution is -0.137. The van der Waals surface area contributed by atoms with E-state index in [0.29, 0.717) is 18.3 Å². The molecular formula is C23H22F3N7OS. The van der Waals surface area contributed by atoms with Gasteiger partial charge in [0.1, 0.15) is 24.5 Å². The number of anilines is 1. The lowest BCUT2D eigenvalue weighted by Gasteiger charge is -2.32. The van der Waals surface area contributed by atoms with Crippen LogP contribution in [0.2, 0.25) is 0 Å². The van der Waals surface area contributed by atoms with Gasteiger partial charge in [-0.2, -0.15) is 13.2 Å². The van der Waals surface area contributed by atoms with Crippen molar-refractivity contribution < 1.29 is 17.9 Å². The van der Waals surface area contributed by atoms with Gasteiger partial charge in [-0.05, 0) is 66.6 Å². The summed E-state index contributed by atoms with van der Waals surface area (Å²) in [6.45, 7) is 3.87. The van der Waals surface area contributed by atoms with E-state index in [4.69, 9.17) is 9.72 Å². The molecule has 35 heavy (non-hydrogen) atoms. The number of ether oxygens (including phenoxy) is 1. The topological polar surface area (TPSA) is 81.9 Å². The van der Waals surface area contributed by atoms with Gasteiger partial charge < -0.3 is 9.64 Å². The maximum absolute atomic E-state index is 12.8. The molecule has 8 nitrogen and oxygen atoms in total. The smallest absolute Gasteiger partial charge is 0.417 e. The van der Waals surface area contributed by atoms with Gasteiger partial charge in [0, 0.05) is 25.2 Å². The summed E-state index contributed by atoms with van der Waals surface area (Å²) in [5, 5.41) is 12.2. The van der Waals surface area contributed by atoms with Crippen molar-refractivity contribution >= 4 is 17.2 Å². The molecule has 1 fully saturated rings. The molecule has 0 amide bonds. The van der Waals surface area contributed by atoms with Crippen LogP contribution in [0, 0.1) is 6.92 Å². The Morgan fingerprint density at radius 3 is 2.49 bits per heavy atom. The van der Waals surface area contributed by atoms with Crippen LogP contribution < -0.4 is 9.64 Å². The normalized spacial score (nSPS) is 14.9. The Labute approximate surface area is 203 Å². The first-order valence-corrected chi connectivity index (χ1v) is 11.9. The molecule has 1 aliphatic rings. The van der Waals surface area contributed by atoms with Crippen LogP contribution in [0.3, 0.4) is 0 Å². The van der Waals surface area contributed by atoms with E-state index in [1.54, 1.807) is 16.0 Å². The highest BCUT2D eigenvalue weighted by Crippen LogP contribution is 2.35. The SMILES string of the molecule is Cc1nc(C2CCN(c3ccc(C(F)(F)F)cn3)CC2)sc1COc1ccc(-n2cnnn2)cc1. The molecule has 4 heterocycles. The quantitative estimate of drug-likeness (QED) is 0.375. The van der Waals surface area contributed by atoms with Gasteiger partial charge in [-0.3, -0.25) is 0 Å². The highest BCUT2D eigenvalue weighted by molar-refractivity contribution is 7.11.